The van der Waals surface area contributed by atoms with E-state index >= 15 is 0 Å². The van der Waals surface area contributed by atoms with Crippen LogP contribution in [0, 0.1) is 0 Å². The van der Waals surface area contributed by atoms with E-state index in [0.717, 1.165) is 29.4 Å². The summed E-state index contributed by atoms with van der Waals surface area (Å²) >= 11 is 0. The smallest absolute Gasteiger partial charge is 0.252 e. The molecule has 1 amide bonds. The Labute approximate surface area is 154 Å². The van der Waals surface area contributed by atoms with Gasteiger partial charge in [-0.25, -0.2) is 0 Å². The van der Waals surface area contributed by atoms with E-state index in [1.54, 1.807) is 7.11 Å². The van der Waals surface area contributed by atoms with E-state index in [1.807, 2.05) is 42.5 Å². The molecule has 25 heavy (non-hydrogen) atoms. The molecule has 0 saturated carbocycles. The van der Waals surface area contributed by atoms with Crippen LogP contribution in [0.3, 0.4) is 0 Å². The number of amides is 1. The molecule has 0 aromatic heterocycles. The van der Waals surface area contributed by atoms with Gasteiger partial charge < -0.3 is 20.5 Å². The van der Waals surface area contributed by atoms with Gasteiger partial charge in [0.2, 0.25) is 0 Å². The fourth-order valence-electron chi connectivity index (χ4n) is 3.24. The molecule has 2 aromatic carbocycles. The predicted octanol–water partition coefficient (Wildman–Crippen LogP) is 2.18. The fraction of sp³-hybridized carbons (Fsp3) is 0.421. The Hall–Kier alpha value is -1.66. The van der Waals surface area contributed by atoms with Crippen LogP contribution < -0.4 is 10.6 Å². The Morgan fingerprint density at radius 3 is 2.60 bits per heavy atom. The summed E-state index contributed by atoms with van der Waals surface area (Å²) in [6.45, 7) is 1.69. The molecule has 136 valence electrons. The van der Waals surface area contributed by atoms with Gasteiger partial charge in [-0.3, -0.25) is 4.79 Å². The first kappa shape index (κ1) is 19.7. The maximum absolute atomic E-state index is 12.5. The van der Waals surface area contributed by atoms with E-state index in [-0.39, 0.29) is 24.9 Å². The Morgan fingerprint density at radius 2 is 1.92 bits per heavy atom. The fourth-order valence-corrected chi connectivity index (χ4v) is 3.24. The summed E-state index contributed by atoms with van der Waals surface area (Å²) in [4.78, 5) is 12.5. The van der Waals surface area contributed by atoms with Crippen molar-refractivity contribution in [1.29, 1.82) is 0 Å². The molecule has 3 rings (SSSR count). The van der Waals surface area contributed by atoms with Crippen LogP contribution in [0.2, 0.25) is 0 Å². The Kier molecular flexibility index (Phi) is 6.79. The molecule has 3 N–H and O–H groups in total. The van der Waals surface area contributed by atoms with Crippen LogP contribution in [0.4, 0.5) is 0 Å². The highest BCUT2D eigenvalue weighted by molar-refractivity contribution is 5.86. The first-order valence-corrected chi connectivity index (χ1v) is 8.35. The second kappa shape index (κ2) is 8.63. The van der Waals surface area contributed by atoms with Crippen molar-refractivity contribution in [1.82, 2.24) is 10.6 Å². The van der Waals surface area contributed by atoms with Crippen LogP contribution in [0.5, 0.6) is 0 Å². The van der Waals surface area contributed by atoms with E-state index < -0.39 is 11.7 Å². The van der Waals surface area contributed by atoms with Gasteiger partial charge in [-0.2, -0.15) is 0 Å². The molecule has 5 nitrogen and oxygen atoms in total. The molecule has 1 fully saturated rings. The quantitative estimate of drug-likeness (QED) is 0.760. The lowest BCUT2D eigenvalue weighted by Crippen LogP contribution is -2.54. The number of carbonyl (C=O) groups is 1. The van der Waals surface area contributed by atoms with Gasteiger partial charge in [-0.15, -0.1) is 12.4 Å². The van der Waals surface area contributed by atoms with Crippen molar-refractivity contribution in [2.75, 3.05) is 26.7 Å². The second-order valence-corrected chi connectivity index (χ2v) is 6.28. The molecule has 1 atom stereocenters. The molecule has 1 heterocycles. The number of ether oxygens (including phenoxy) is 1. The lowest BCUT2D eigenvalue weighted by Gasteiger charge is -2.35. The van der Waals surface area contributed by atoms with Gasteiger partial charge in [-0.05, 0) is 48.3 Å². The zero-order chi connectivity index (χ0) is 17.0. The number of piperidine rings is 1. The highest BCUT2D eigenvalue weighted by atomic mass is 35.5. The first-order chi connectivity index (χ1) is 11.6. The largest absolute Gasteiger partial charge is 0.387 e. The molecule has 0 bridgehead atoms. The van der Waals surface area contributed by atoms with Crippen molar-refractivity contribution in [2.45, 2.75) is 24.5 Å². The topological polar surface area (TPSA) is 70.6 Å². The summed E-state index contributed by atoms with van der Waals surface area (Å²) in [5, 5.41) is 18.7. The average Bonchev–Trinajstić information content (AvgIpc) is 2.65. The van der Waals surface area contributed by atoms with Crippen LogP contribution in [0.25, 0.3) is 10.8 Å². The number of nitrogens with one attached hydrogen (secondary N) is 2. The molecule has 0 aliphatic carbocycles. The highest BCUT2D eigenvalue weighted by Gasteiger charge is 2.39. The minimum absolute atomic E-state index is 0. The summed E-state index contributed by atoms with van der Waals surface area (Å²) in [6.07, 6.45) is 0.539. The Morgan fingerprint density at radius 1 is 1.24 bits per heavy atom. The second-order valence-electron chi connectivity index (χ2n) is 6.28. The molecule has 0 radical (unpaired) electrons. The number of halogens is 1. The standard InChI is InChI=1S/C19H24N2O3.ClH/c1-24-19(8-10-20-11-9-19)18(23)21-13-17(22)16-7-6-14-4-2-3-5-15(14)12-16;/h2-7,12,17,20,22H,8-11,13H2,1H3,(H,21,23);1H. The summed E-state index contributed by atoms with van der Waals surface area (Å²) in [5.74, 6) is -0.147. The number of aliphatic hydroxyl groups is 1. The SMILES string of the molecule is COC1(C(=O)NCC(O)c2ccc3ccccc3c2)CCNCC1.Cl. The van der Waals surface area contributed by atoms with Crippen LogP contribution in [-0.4, -0.2) is 43.4 Å². The van der Waals surface area contributed by atoms with E-state index in [2.05, 4.69) is 10.6 Å². The molecular weight excluding hydrogens is 340 g/mol. The summed E-state index contributed by atoms with van der Waals surface area (Å²) < 4.78 is 5.50. The summed E-state index contributed by atoms with van der Waals surface area (Å²) in [5.41, 5.74) is 0.0136. The average molecular weight is 365 g/mol. The molecule has 0 spiro atoms. The third-order valence-electron chi connectivity index (χ3n) is 4.83. The highest BCUT2D eigenvalue weighted by Crippen LogP contribution is 2.24. The normalized spacial score (nSPS) is 17.5. The number of benzene rings is 2. The van der Waals surface area contributed by atoms with Gasteiger partial charge >= 0.3 is 0 Å². The zero-order valence-electron chi connectivity index (χ0n) is 14.3. The minimum Gasteiger partial charge on any atom is -0.387 e. The van der Waals surface area contributed by atoms with Gasteiger partial charge in [0.15, 0.2) is 0 Å². The van der Waals surface area contributed by atoms with Crippen molar-refractivity contribution in [3.05, 3.63) is 48.0 Å². The molecular formula is C19H25ClN2O3. The van der Waals surface area contributed by atoms with Gasteiger partial charge in [0.1, 0.15) is 5.60 Å². The van der Waals surface area contributed by atoms with E-state index in [9.17, 15) is 9.90 Å². The third kappa shape index (κ3) is 4.30. The van der Waals surface area contributed by atoms with Gasteiger partial charge in [0.25, 0.3) is 5.91 Å². The van der Waals surface area contributed by atoms with E-state index in [0.29, 0.717) is 12.8 Å². The number of fused-ring (bicyclic) bond motifs is 1. The molecule has 2 aromatic rings. The number of hydrogen-bond donors (Lipinski definition) is 3. The van der Waals surface area contributed by atoms with E-state index in [1.165, 1.54) is 0 Å². The predicted molar refractivity (Wildman–Crippen MR) is 101 cm³/mol. The Bertz CT molecular complexity index is 717. The van der Waals surface area contributed by atoms with Crippen LogP contribution >= 0.6 is 12.4 Å². The van der Waals surface area contributed by atoms with Crippen LogP contribution in [-0.2, 0) is 9.53 Å². The summed E-state index contributed by atoms with van der Waals surface area (Å²) in [6, 6.07) is 13.9. The van der Waals surface area contributed by atoms with Gasteiger partial charge in [0.05, 0.1) is 6.10 Å². The third-order valence-corrected chi connectivity index (χ3v) is 4.83. The minimum atomic E-state index is -0.783. The molecule has 1 unspecified atom stereocenters. The molecule has 1 aliphatic heterocycles. The van der Waals surface area contributed by atoms with Gasteiger partial charge in [0, 0.05) is 13.7 Å². The Balaban J connectivity index is 0.00000225. The van der Waals surface area contributed by atoms with E-state index in [4.69, 9.17) is 4.74 Å². The number of aliphatic hydroxyl groups excluding tert-OH is 1. The molecule has 6 heteroatoms. The summed E-state index contributed by atoms with van der Waals surface area (Å²) in [7, 11) is 1.57. The maximum atomic E-state index is 12.5. The number of methoxy groups -OCH3 is 1. The van der Waals surface area contributed by atoms with Crippen molar-refractivity contribution < 1.29 is 14.6 Å². The number of rotatable bonds is 5. The first-order valence-electron chi connectivity index (χ1n) is 8.35. The lowest BCUT2D eigenvalue weighted by molar-refractivity contribution is -0.147. The zero-order valence-corrected chi connectivity index (χ0v) is 15.1. The number of hydrogen-bond acceptors (Lipinski definition) is 4. The van der Waals surface area contributed by atoms with Gasteiger partial charge in [-0.1, -0.05) is 36.4 Å². The van der Waals surface area contributed by atoms with Crippen molar-refractivity contribution in [3.63, 3.8) is 0 Å². The lowest BCUT2D eigenvalue weighted by atomic mass is 9.91. The van der Waals surface area contributed by atoms with Crippen LogP contribution in [0.1, 0.15) is 24.5 Å². The molecule has 1 saturated heterocycles. The monoisotopic (exact) mass is 364 g/mol. The van der Waals surface area contributed by atoms with Crippen molar-refractivity contribution in [2.24, 2.45) is 0 Å². The number of carbonyl (C=O) groups excluding carboxylic acids is 1. The van der Waals surface area contributed by atoms with Crippen molar-refractivity contribution >= 4 is 29.1 Å². The maximum Gasteiger partial charge on any atom is 0.252 e. The van der Waals surface area contributed by atoms with Crippen molar-refractivity contribution in [3.8, 4) is 0 Å². The molecule has 1 aliphatic rings. The van der Waals surface area contributed by atoms with Crippen LogP contribution in [0.15, 0.2) is 42.5 Å².